The van der Waals surface area contributed by atoms with Crippen molar-refractivity contribution in [3.05, 3.63) is 59.9 Å². The van der Waals surface area contributed by atoms with Crippen LogP contribution in [0.25, 0.3) is 0 Å². The van der Waals surface area contributed by atoms with Crippen LogP contribution in [0.2, 0.25) is 0 Å². The van der Waals surface area contributed by atoms with Gasteiger partial charge in [-0.1, -0.05) is 18.2 Å². The zero-order valence-electron chi connectivity index (χ0n) is 16.8. The van der Waals surface area contributed by atoms with Gasteiger partial charge in [0.25, 0.3) is 0 Å². The van der Waals surface area contributed by atoms with Crippen molar-refractivity contribution in [2.75, 3.05) is 6.61 Å². The summed E-state index contributed by atoms with van der Waals surface area (Å²) in [6.45, 7) is 4.98. The Labute approximate surface area is 169 Å². The molecule has 0 saturated heterocycles. The van der Waals surface area contributed by atoms with E-state index in [9.17, 15) is 19.1 Å². The van der Waals surface area contributed by atoms with E-state index in [-0.39, 0.29) is 18.8 Å². The number of hydrogen-bond acceptors (Lipinski definition) is 5. The average molecular weight is 403 g/mol. The number of benzene rings is 2. The molecule has 0 radical (unpaired) electrons. The number of hydrogen-bond donors (Lipinski definition) is 2. The maximum atomic E-state index is 13.2. The van der Waals surface area contributed by atoms with Crippen LogP contribution in [-0.2, 0) is 20.9 Å². The first-order valence-electron chi connectivity index (χ1n) is 9.29. The number of halogens is 1. The minimum absolute atomic E-state index is 0.194. The number of esters is 1. The van der Waals surface area contributed by atoms with Crippen molar-refractivity contribution in [3.8, 4) is 11.5 Å². The van der Waals surface area contributed by atoms with Gasteiger partial charge in [0.2, 0.25) is 5.91 Å². The lowest BCUT2D eigenvalue weighted by molar-refractivity contribution is -0.157. The molecule has 0 aliphatic carbocycles. The fraction of sp³-hybridized carbons (Fsp3) is 0.364. The van der Waals surface area contributed by atoms with Crippen LogP contribution < -0.4 is 10.1 Å². The molecule has 29 heavy (non-hydrogen) atoms. The molecule has 0 aromatic heterocycles. The van der Waals surface area contributed by atoms with Crippen molar-refractivity contribution in [2.24, 2.45) is 5.92 Å². The number of carbonyl (C=O) groups excluding carboxylic acids is 2. The summed E-state index contributed by atoms with van der Waals surface area (Å²) in [5, 5.41) is 12.1. The van der Waals surface area contributed by atoms with Gasteiger partial charge in [0, 0.05) is 12.6 Å². The van der Waals surface area contributed by atoms with Crippen LogP contribution in [-0.4, -0.2) is 29.2 Å². The van der Waals surface area contributed by atoms with Crippen molar-refractivity contribution >= 4 is 11.9 Å². The van der Waals surface area contributed by atoms with E-state index >= 15 is 0 Å². The Hall–Kier alpha value is -2.93. The van der Waals surface area contributed by atoms with Crippen LogP contribution in [0.15, 0.2) is 48.5 Å². The number of rotatable bonds is 8. The van der Waals surface area contributed by atoms with E-state index in [0.717, 1.165) is 5.56 Å². The summed E-state index contributed by atoms with van der Waals surface area (Å²) >= 11 is 0. The number of aliphatic hydroxyl groups is 1. The van der Waals surface area contributed by atoms with E-state index in [1.54, 1.807) is 57.2 Å². The molecule has 0 bridgehead atoms. The molecule has 7 heteroatoms. The van der Waals surface area contributed by atoms with E-state index in [4.69, 9.17) is 9.47 Å². The van der Waals surface area contributed by atoms with E-state index in [1.807, 2.05) is 0 Å². The number of aliphatic hydroxyl groups excluding tert-OH is 1. The fourth-order valence-electron chi connectivity index (χ4n) is 2.50. The molecule has 0 aliphatic heterocycles. The molecular formula is C22H26FNO5. The van der Waals surface area contributed by atoms with Gasteiger partial charge in [-0.3, -0.25) is 9.59 Å². The van der Waals surface area contributed by atoms with Crippen molar-refractivity contribution in [1.82, 2.24) is 5.32 Å². The fourth-order valence-corrected chi connectivity index (χ4v) is 2.50. The Balaban J connectivity index is 1.86. The Morgan fingerprint density at radius 2 is 1.79 bits per heavy atom. The summed E-state index contributed by atoms with van der Waals surface area (Å²) in [5.41, 5.74) is 0.155. The quantitative estimate of drug-likeness (QED) is 0.658. The second-order valence-corrected chi connectivity index (χ2v) is 7.59. The van der Waals surface area contributed by atoms with E-state index in [1.165, 1.54) is 12.1 Å². The first-order chi connectivity index (χ1) is 13.7. The van der Waals surface area contributed by atoms with Crippen molar-refractivity contribution in [2.45, 2.75) is 39.3 Å². The molecule has 0 unspecified atom stereocenters. The molecule has 2 aromatic rings. The molecule has 6 nitrogen and oxygen atoms in total. The summed E-state index contributed by atoms with van der Waals surface area (Å²) in [5.74, 6) is -1.31. The van der Waals surface area contributed by atoms with Gasteiger partial charge in [-0.2, -0.15) is 0 Å². The molecule has 0 saturated carbocycles. The topological polar surface area (TPSA) is 84.9 Å². The molecular weight excluding hydrogens is 377 g/mol. The maximum absolute atomic E-state index is 13.2. The van der Waals surface area contributed by atoms with E-state index in [2.05, 4.69) is 5.32 Å². The second kappa shape index (κ2) is 10.0. The molecule has 156 valence electrons. The first-order valence-corrected chi connectivity index (χ1v) is 9.29. The van der Waals surface area contributed by atoms with Crippen LogP contribution in [0.3, 0.4) is 0 Å². The van der Waals surface area contributed by atoms with Gasteiger partial charge in [0.15, 0.2) is 0 Å². The predicted molar refractivity (Wildman–Crippen MR) is 106 cm³/mol. The molecule has 0 spiro atoms. The third-order valence-corrected chi connectivity index (χ3v) is 3.85. The molecule has 1 atom stereocenters. The van der Waals surface area contributed by atoms with E-state index < -0.39 is 30.0 Å². The summed E-state index contributed by atoms with van der Waals surface area (Å²) in [6.07, 6.45) is -0.194. The summed E-state index contributed by atoms with van der Waals surface area (Å²) in [6, 6.07) is 12.8. The van der Waals surface area contributed by atoms with Crippen LogP contribution in [0, 0.1) is 11.7 Å². The monoisotopic (exact) mass is 403 g/mol. The third-order valence-electron chi connectivity index (χ3n) is 3.85. The number of ether oxygens (including phenoxy) is 2. The molecule has 2 rings (SSSR count). The zero-order valence-corrected chi connectivity index (χ0v) is 16.8. The number of carbonyl (C=O) groups is 2. The molecule has 0 fully saturated rings. The predicted octanol–water partition coefficient (Wildman–Crippen LogP) is 3.57. The Kier molecular flexibility index (Phi) is 7.73. The standard InChI is InChI=1S/C22H26FNO5/c1-22(2,3)29-20(26)11-16(14-25)21(27)24-13-15-7-9-18(10-8-15)28-19-6-4-5-17(23)12-19/h4-10,12,16,25H,11,13-14H2,1-3H3,(H,24,27)/t16-/m1/s1. The van der Waals surface area contributed by atoms with Crippen molar-refractivity contribution in [1.29, 1.82) is 0 Å². The number of nitrogens with one attached hydrogen (secondary N) is 1. The Bertz CT molecular complexity index is 830. The van der Waals surface area contributed by atoms with Crippen LogP contribution in [0.1, 0.15) is 32.8 Å². The largest absolute Gasteiger partial charge is 0.460 e. The summed E-state index contributed by atoms with van der Waals surface area (Å²) in [4.78, 5) is 24.1. The normalized spacial score (nSPS) is 12.2. The van der Waals surface area contributed by atoms with Crippen LogP contribution in [0.4, 0.5) is 4.39 Å². The SMILES string of the molecule is CC(C)(C)OC(=O)C[C@H](CO)C(=O)NCc1ccc(Oc2cccc(F)c2)cc1. The zero-order chi connectivity index (χ0) is 21.4. The Morgan fingerprint density at radius 3 is 2.38 bits per heavy atom. The molecule has 0 aliphatic rings. The van der Waals surface area contributed by atoms with Crippen LogP contribution >= 0.6 is 0 Å². The molecule has 0 heterocycles. The average Bonchev–Trinajstić information content (AvgIpc) is 2.64. The smallest absolute Gasteiger partial charge is 0.307 e. The molecule has 2 N–H and O–H groups in total. The van der Waals surface area contributed by atoms with Crippen molar-refractivity contribution < 1.29 is 28.6 Å². The minimum Gasteiger partial charge on any atom is -0.460 e. The van der Waals surface area contributed by atoms with Gasteiger partial charge in [-0.15, -0.1) is 0 Å². The maximum Gasteiger partial charge on any atom is 0.307 e. The lowest BCUT2D eigenvalue weighted by Gasteiger charge is -2.21. The van der Waals surface area contributed by atoms with Gasteiger partial charge in [-0.05, 0) is 50.6 Å². The van der Waals surface area contributed by atoms with Gasteiger partial charge in [-0.25, -0.2) is 4.39 Å². The van der Waals surface area contributed by atoms with Gasteiger partial charge in [0.1, 0.15) is 22.9 Å². The highest BCUT2D eigenvalue weighted by molar-refractivity contribution is 5.83. The highest BCUT2D eigenvalue weighted by Gasteiger charge is 2.24. The third kappa shape index (κ3) is 7.91. The van der Waals surface area contributed by atoms with Gasteiger partial charge >= 0.3 is 5.97 Å². The minimum atomic E-state index is -0.875. The van der Waals surface area contributed by atoms with Gasteiger partial charge < -0.3 is 19.9 Å². The highest BCUT2D eigenvalue weighted by atomic mass is 19.1. The van der Waals surface area contributed by atoms with Gasteiger partial charge in [0.05, 0.1) is 18.9 Å². The van der Waals surface area contributed by atoms with E-state index in [0.29, 0.717) is 11.5 Å². The summed E-state index contributed by atoms with van der Waals surface area (Å²) in [7, 11) is 0. The first kappa shape index (κ1) is 22.4. The lowest BCUT2D eigenvalue weighted by Crippen LogP contribution is -2.35. The highest BCUT2D eigenvalue weighted by Crippen LogP contribution is 2.22. The second-order valence-electron chi connectivity index (χ2n) is 7.59. The lowest BCUT2D eigenvalue weighted by atomic mass is 10.1. The summed E-state index contributed by atoms with van der Waals surface area (Å²) < 4.78 is 23.9. The van der Waals surface area contributed by atoms with Crippen molar-refractivity contribution in [3.63, 3.8) is 0 Å². The Morgan fingerprint density at radius 1 is 1.10 bits per heavy atom. The number of amides is 1. The molecule has 2 aromatic carbocycles. The van der Waals surface area contributed by atoms with Crippen LogP contribution in [0.5, 0.6) is 11.5 Å². The molecule has 1 amide bonds.